The second kappa shape index (κ2) is 5.35. The van der Waals surface area contributed by atoms with E-state index < -0.39 is 0 Å². The van der Waals surface area contributed by atoms with Crippen molar-refractivity contribution < 1.29 is 4.79 Å². The van der Waals surface area contributed by atoms with Gasteiger partial charge in [-0.3, -0.25) is 4.79 Å². The summed E-state index contributed by atoms with van der Waals surface area (Å²) in [7, 11) is 0. The SMILES string of the molecule is Cc1ccc(NC(=O)c2ccc[nH]2)cc1-c1nnnn1C1CC1. The van der Waals surface area contributed by atoms with Gasteiger partial charge in [-0.2, -0.15) is 0 Å². The van der Waals surface area contributed by atoms with Crippen molar-refractivity contribution in [3.05, 3.63) is 47.8 Å². The highest BCUT2D eigenvalue weighted by atomic mass is 16.1. The molecule has 2 heterocycles. The third-order valence-electron chi connectivity index (χ3n) is 3.96. The van der Waals surface area contributed by atoms with E-state index >= 15 is 0 Å². The van der Waals surface area contributed by atoms with E-state index in [2.05, 4.69) is 25.8 Å². The summed E-state index contributed by atoms with van der Waals surface area (Å²) in [5, 5.41) is 14.9. The first-order valence-corrected chi connectivity index (χ1v) is 7.56. The fraction of sp³-hybridized carbons (Fsp3) is 0.250. The van der Waals surface area contributed by atoms with Crippen molar-refractivity contribution in [2.24, 2.45) is 0 Å². The molecule has 2 aromatic heterocycles. The molecule has 1 fully saturated rings. The van der Waals surface area contributed by atoms with Gasteiger partial charge < -0.3 is 10.3 Å². The third kappa shape index (κ3) is 2.61. The van der Waals surface area contributed by atoms with Crippen LogP contribution in [0.25, 0.3) is 11.4 Å². The van der Waals surface area contributed by atoms with Crippen LogP contribution < -0.4 is 5.32 Å². The van der Waals surface area contributed by atoms with Gasteiger partial charge in [-0.25, -0.2) is 4.68 Å². The topological polar surface area (TPSA) is 88.5 Å². The first-order chi connectivity index (χ1) is 11.2. The predicted octanol–water partition coefficient (Wildman–Crippen LogP) is 2.56. The fourth-order valence-electron chi connectivity index (χ4n) is 2.55. The Labute approximate surface area is 132 Å². The lowest BCUT2D eigenvalue weighted by Crippen LogP contribution is -2.12. The van der Waals surface area contributed by atoms with Gasteiger partial charge in [0, 0.05) is 17.4 Å². The summed E-state index contributed by atoms with van der Waals surface area (Å²) in [6.07, 6.45) is 3.94. The molecule has 3 aromatic rings. The van der Waals surface area contributed by atoms with E-state index in [0.717, 1.165) is 35.5 Å². The number of carbonyl (C=O) groups excluding carboxylic acids is 1. The average Bonchev–Trinajstić information content (AvgIpc) is 3.04. The number of hydrogen-bond acceptors (Lipinski definition) is 4. The number of aryl methyl sites for hydroxylation is 1. The zero-order valence-corrected chi connectivity index (χ0v) is 12.7. The van der Waals surface area contributed by atoms with Crippen molar-refractivity contribution in [2.75, 3.05) is 5.32 Å². The number of aromatic nitrogens is 5. The molecule has 23 heavy (non-hydrogen) atoms. The molecule has 116 valence electrons. The number of H-pyrrole nitrogens is 1. The number of carbonyl (C=O) groups is 1. The average molecular weight is 308 g/mol. The van der Waals surface area contributed by atoms with Gasteiger partial charge in [-0.15, -0.1) is 5.10 Å². The molecule has 0 aliphatic heterocycles. The highest BCUT2D eigenvalue weighted by Crippen LogP contribution is 2.37. The zero-order chi connectivity index (χ0) is 15.8. The molecular formula is C16H16N6O. The van der Waals surface area contributed by atoms with Crippen LogP contribution in [0.3, 0.4) is 0 Å². The number of nitrogens with one attached hydrogen (secondary N) is 2. The van der Waals surface area contributed by atoms with Gasteiger partial charge in [0.2, 0.25) is 0 Å². The van der Waals surface area contributed by atoms with Crippen molar-refractivity contribution in [1.82, 2.24) is 25.2 Å². The number of nitrogens with zero attached hydrogens (tertiary/aromatic N) is 4. The minimum absolute atomic E-state index is 0.174. The van der Waals surface area contributed by atoms with Crippen LogP contribution in [0.15, 0.2) is 36.5 Å². The smallest absolute Gasteiger partial charge is 0.272 e. The highest BCUT2D eigenvalue weighted by Gasteiger charge is 2.28. The largest absolute Gasteiger partial charge is 0.357 e. The molecule has 0 atom stereocenters. The van der Waals surface area contributed by atoms with Crippen molar-refractivity contribution in [2.45, 2.75) is 25.8 Å². The van der Waals surface area contributed by atoms with E-state index in [1.54, 1.807) is 18.3 Å². The van der Waals surface area contributed by atoms with Gasteiger partial charge >= 0.3 is 0 Å². The summed E-state index contributed by atoms with van der Waals surface area (Å²) >= 11 is 0. The van der Waals surface area contributed by atoms with E-state index in [1.807, 2.05) is 29.8 Å². The summed E-state index contributed by atoms with van der Waals surface area (Å²) in [5.74, 6) is 0.576. The van der Waals surface area contributed by atoms with Crippen molar-refractivity contribution in [3.8, 4) is 11.4 Å². The molecule has 1 aliphatic rings. The van der Waals surface area contributed by atoms with E-state index in [4.69, 9.17) is 0 Å². The molecule has 1 aromatic carbocycles. The van der Waals surface area contributed by atoms with Gasteiger partial charge in [-0.1, -0.05) is 6.07 Å². The van der Waals surface area contributed by atoms with Crippen LogP contribution >= 0.6 is 0 Å². The van der Waals surface area contributed by atoms with E-state index in [1.165, 1.54) is 0 Å². The van der Waals surface area contributed by atoms with Crippen LogP contribution in [0.2, 0.25) is 0 Å². The molecule has 0 saturated heterocycles. The minimum atomic E-state index is -0.174. The van der Waals surface area contributed by atoms with Gasteiger partial charge in [-0.05, 0) is 60.0 Å². The summed E-state index contributed by atoms with van der Waals surface area (Å²) in [6.45, 7) is 2.01. The number of anilines is 1. The Morgan fingerprint density at radius 1 is 1.35 bits per heavy atom. The third-order valence-corrected chi connectivity index (χ3v) is 3.96. The standard InChI is InChI=1S/C16H16N6O/c1-10-4-5-11(18-16(23)14-3-2-8-17-14)9-13(10)15-19-20-21-22(15)12-6-7-12/h2-5,8-9,12,17H,6-7H2,1H3,(H,18,23). The summed E-state index contributed by atoms with van der Waals surface area (Å²) < 4.78 is 1.87. The predicted molar refractivity (Wildman–Crippen MR) is 85.0 cm³/mol. The lowest BCUT2D eigenvalue weighted by atomic mass is 10.1. The second-order valence-electron chi connectivity index (χ2n) is 5.75. The molecule has 0 unspecified atom stereocenters. The molecule has 7 heteroatoms. The van der Waals surface area contributed by atoms with E-state index in [9.17, 15) is 4.79 Å². The molecule has 0 spiro atoms. The van der Waals surface area contributed by atoms with E-state index in [-0.39, 0.29) is 5.91 Å². The van der Waals surface area contributed by atoms with Crippen molar-refractivity contribution in [3.63, 3.8) is 0 Å². The number of benzene rings is 1. The monoisotopic (exact) mass is 308 g/mol. The maximum absolute atomic E-state index is 12.2. The van der Waals surface area contributed by atoms with Crippen LogP contribution in [0.4, 0.5) is 5.69 Å². The van der Waals surface area contributed by atoms with Crippen LogP contribution in [0.5, 0.6) is 0 Å². The number of amides is 1. The Morgan fingerprint density at radius 2 is 2.22 bits per heavy atom. The van der Waals surface area contributed by atoms with Gasteiger partial charge in [0.25, 0.3) is 5.91 Å². The molecule has 1 amide bonds. The quantitative estimate of drug-likeness (QED) is 0.775. The molecule has 1 saturated carbocycles. The summed E-state index contributed by atoms with van der Waals surface area (Å²) in [6, 6.07) is 9.69. The Balaban J connectivity index is 1.65. The zero-order valence-electron chi connectivity index (χ0n) is 12.7. The molecule has 4 rings (SSSR count). The lowest BCUT2D eigenvalue weighted by Gasteiger charge is -2.10. The maximum atomic E-state index is 12.2. The van der Waals surface area contributed by atoms with Gasteiger partial charge in [0.15, 0.2) is 5.82 Å². The number of hydrogen-bond donors (Lipinski definition) is 2. The second-order valence-corrected chi connectivity index (χ2v) is 5.75. The van der Waals surface area contributed by atoms with Gasteiger partial charge in [0.1, 0.15) is 5.69 Å². The first-order valence-electron chi connectivity index (χ1n) is 7.56. The molecular weight excluding hydrogens is 292 g/mol. The number of tetrazole rings is 1. The normalized spacial score (nSPS) is 14.0. The van der Waals surface area contributed by atoms with E-state index in [0.29, 0.717) is 11.7 Å². The molecule has 2 N–H and O–H groups in total. The number of rotatable bonds is 4. The Morgan fingerprint density at radius 3 is 2.96 bits per heavy atom. The maximum Gasteiger partial charge on any atom is 0.272 e. The fourth-order valence-corrected chi connectivity index (χ4v) is 2.55. The Bertz CT molecular complexity index is 847. The highest BCUT2D eigenvalue weighted by molar-refractivity contribution is 6.03. The summed E-state index contributed by atoms with van der Waals surface area (Å²) in [5.41, 5.74) is 3.25. The van der Waals surface area contributed by atoms with Gasteiger partial charge in [0.05, 0.1) is 6.04 Å². The minimum Gasteiger partial charge on any atom is -0.357 e. The molecule has 0 radical (unpaired) electrons. The molecule has 0 bridgehead atoms. The molecule has 7 nitrogen and oxygen atoms in total. The summed E-state index contributed by atoms with van der Waals surface area (Å²) in [4.78, 5) is 15.0. The van der Waals surface area contributed by atoms with Crippen LogP contribution in [0, 0.1) is 6.92 Å². The Kier molecular flexibility index (Phi) is 3.18. The van der Waals surface area contributed by atoms with Crippen molar-refractivity contribution >= 4 is 11.6 Å². The first kappa shape index (κ1) is 13.7. The van der Waals surface area contributed by atoms with Crippen molar-refractivity contribution in [1.29, 1.82) is 0 Å². The Hall–Kier alpha value is -2.96. The van der Waals surface area contributed by atoms with Crippen LogP contribution in [0.1, 0.15) is 34.9 Å². The molecule has 1 aliphatic carbocycles. The lowest BCUT2D eigenvalue weighted by molar-refractivity contribution is 0.102. The van der Waals surface area contributed by atoms with Crippen LogP contribution in [-0.2, 0) is 0 Å². The number of aromatic amines is 1. The van der Waals surface area contributed by atoms with Crippen LogP contribution in [-0.4, -0.2) is 31.1 Å².